The standard InChI is InChI=1S/C18H14N4O3/c23-15-10-14(12-7-4-8-13(9-12)22(24)25)16-17(20-21-18(16)19-15)11-5-2-1-3-6-11/h1-9,14H,10H2,(H2,19,20,21,23)/t14-/m0/s1. The Bertz CT molecular complexity index is 965. The first-order valence-electron chi connectivity index (χ1n) is 7.81. The molecule has 0 fully saturated rings. The van der Waals surface area contributed by atoms with Gasteiger partial charge in [0.1, 0.15) is 0 Å². The molecular formula is C18H14N4O3. The number of non-ortho nitro benzene ring substituents is 1. The highest BCUT2D eigenvalue weighted by molar-refractivity contribution is 5.96. The highest BCUT2D eigenvalue weighted by Crippen LogP contribution is 2.42. The molecule has 0 saturated carbocycles. The zero-order valence-corrected chi connectivity index (χ0v) is 13.1. The molecule has 1 aromatic heterocycles. The number of H-pyrrole nitrogens is 1. The third-order valence-electron chi connectivity index (χ3n) is 4.35. The molecule has 4 rings (SSSR count). The lowest BCUT2D eigenvalue weighted by atomic mass is 9.84. The Kier molecular flexibility index (Phi) is 3.53. The van der Waals surface area contributed by atoms with E-state index in [2.05, 4.69) is 15.5 Å². The van der Waals surface area contributed by atoms with Crippen LogP contribution < -0.4 is 5.32 Å². The van der Waals surface area contributed by atoms with Crippen LogP contribution >= 0.6 is 0 Å². The number of nitro benzene ring substituents is 1. The van der Waals surface area contributed by atoms with E-state index in [0.29, 0.717) is 5.82 Å². The average molecular weight is 334 g/mol. The van der Waals surface area contributed by atoms with E-state index in [4.69, 9.17) is 0 Å². The van der Waals surface area contributed by atoms with Crippen molar-refractivity contribution in [3.05, 3.63) is 75.8 Å². The minimum absolute atomic E-state index is 0.00906. The van der Waals surface area contributed by atoms with Crippen molar-refractivity contribution in [2.45, 2.75) is 12.3 Å². The van der Waals surface area contributed by atoms with E-state index in [1.807, 2.05) is 36.4 Å². The van der Waals surface area contributed by atoms with Crippen molar-refractivity contribution >= 4 is 17.4 Å². The van der Waals surface area contributed by atoms with Gasteiger partial charge in [-0.15, -0.1) is 0 Å². The fourth-order valence-electron chi connectivity index (χ4n) is 3.22. The quantitative estimate of drug-likeness (QED) is 0.566. The number of amides is 1. The van der Waals surface area contributed by atoms with Gasteiger partial charge in [-0.3, -0.25) is 20.0 Å². The van der Waals surface area contributed by atoms with Crippen molar-refractivity contribution in [3.8, 4) is 11.3 Å². The van der Waals surface area contributed by atoms with E-state index in [-0.39, 0.29) is 23.9 Å². The molecule has 0 spiro atoms. The van der Waals surface area contributed by atoms with Gasteiger partial charge in [0.25, 0.3) is 5.69 Å². The van der Waals surface area contributed by atoms with Crippen LogP contribution in [0.15, 0.2) is 54.6 Å². The minimum atomic E-state index is -0.430. The molecule has 7 nitrogen and oxygen atoms in total. The molecule has 124 valence electrons. The van der Waals surface area contributed by atoms with Crippen molar-refractivity contribution in [1.29, 1.82) is 0 Å². The summed E-state index contributed by atoms with van der Waals surface area (Å²) in [5.41, 5.74) is 3.35. The van der Waals surface area contributed by atoms with E-state index >= 15 is 0 Å². The van der Waals surface area contributed by atoms with Gasteiger partial charge in [0.05, 0.1) is 10.6 Å². The second-order valence-corrected chi connectivity index (χ2v) is 5.88. The molecule has 0 saturated heterocycles. The van der Waals surface area contributed by atoms with E-state index in [1.165, 1.54) is 12.1 Å². The Labute approximate surface area is 142 Å². The number of aromatic amines is 1. The van der Waals surface area contributed by atoms with Gasteiger partial charge in [-0.25, -0.2) is 0 Å². The molecule has 1 aliphatic rings. The van der Waals surface area contributed by atoms with Crippen molar-refractivity contribution in [2.75, 3.05) is 5.32 Å². The van der Waals surface area contributed by atoms with Crippen LogP contribution in [0.25, 0.3) is 11.3 Å². The lowest BCUT2D eigenvalue weighted by Gasteiger charge is -2.23. The summed E-state index contributed by atoms with van der Waals surface area (Å²) in [6.07, 6.45) is 0.216. The Morgan fingerprint density at radius 3 is 2.68 bits per heavy atom. The van der Waals surface area contributed by atoms with Crippen LogP contribution in [-0.2, 0) is 4.79 Å². The van der Waals surface area contributed by atoms with Crippen LogP contribution in [0, 0.1) is 10.1 Å². The summed E-state index contributed by atoms with van der Waals surface area (Å²) >= 11 is 0. The summed E-state index contributed by atoms with van der Waals surface area (Å²) < 4.78 is 0. The van der Waals surface area contributed by atoms with Gasteiger partial charge in [0.2, 0.25) is 5.91 Å². The van der Waals surface area contributed by atoms with Crippen LogP contribution in [0.2, 0.25) is 0 Å². The van der Waals surface area contributed by atoms with Crippen LogP contribution in [0.3, 0.4) is 0 Å². The predicted molar refractivity (Wildman–Crippen MR) is 92.2 cm³/mol. The number of nitrogens with one attached hydrogen (secondary N) is 2. The monoisotopic (exact) mass is 334 g/mol. The molecule has 2 aromatic carbocycles. The summed E-state index contributed by atoms with van der Waals surface area (Å²) in [6, 6.07) is 16.1. The zero-order chi connectivity index (χ0) is 17.4. The number of nitro groups is 1. The van der Waals surface area contributed by atoms with Crippen LogP contribution in [0.5, 0.6) is 0 Å². The lowest BCUT2D eigenvalue weighted by Crippen LogP contribution is -2.23. The van der Waals surface area contributed by atoms with Gasteiger partial charge in [-0.1, -0.05) is 42.5 Å². The van der Waals surface area contributed by atoms with Gasteiger partial charge in [-0.2, -0.15) is 5.10 Å². The fraction of sp³-hybridized carbons (Fsp3) is 0.111. The van der Waals surface area contributed by atoms with Gasteiger partial charge in [-0.05, 0) is 11.1 Å². The number of rotatable bonds is 3. The fourth-order valence-corrected chi connectivity index (χ4v) is 3.22. The van der Waals surface area contributed by atoms with E-state index in [0.717, 1.165) is 22.4 Å². The Morgan fingerprint density at radius 2 is 1.92 bits per heavy atom. The first-order chi connectivity index (χ1) is 12.1. The second-order valence-electron chi connectivity index (χ2n) is 5.88. The van der Waals surface area contributed by atoms with Gasteiger partial charge >= 0.3 is 0 Å². The normalized spacial score (nSPS) is 16.2. The smallest absolute Gasteiger partial charge is 0.269 e. The molecule has 1 amide bonds. The molecule has 2 heterocycles. The summed E-state index contributed by atoms with van der Waals surface area (Å²) in [6.45, 7) is 0. The Balaban J connectivity index is 1.87. The maximum atomic E-state index is 12.1. The molecule has 0 aliphatic carbocycles. The van der Waals surface area contributed by atoms with Gasteiger partial charge in [0, 0.05) is 30.0 Å². The molecular weight excluding hydrogens is 320 g/mol. The number of fused-ring (bicyclic) bond motifs is 1. The second kappa shape index (κ2) is 5.86. The topological polar surface area (TPSA) is 101 Å². The Hall–Kier alpha value is -3.48. The number of hydrogen-bond donors (Lipinski definition) is 2. The number of nitrogens with zero attached hydrogens (tertiary/aromatic N) is 2. The van der Waals surface area contributed by atoms with Crippen LogP contribution in [0.1, 0.15) is 23.5 Å². The lowest BCUT2D eigenvalue weighted by molar-refractivity contribution is -0.384. The van der Waals surface area contributed by atoms with E-state index < -0.39 is 4.92 Å². The molecule has 7 heteroatoms. The summed E-state index contributed by atoms with van der Waals surface area (Å²) in [5.74, 6) is 0.0272. The van der Waals surface area contributed by atoms with Crippen molar-refractivity contribution in [3.63, 3.8) is 0 Å². The average Bonchev–Trinajstić information content (AvgIpc) is 3.05. The SMILES string of the molecule is O=C1C[C@@H](c2cccc([N+](=O)[O-])c2)c2c(n[nH]c2-c2ccccc2)N1. The van der Waals surface area contributed by atoms with Crippen molar-refractivity contribution in [2.24, 2.45) is 0 Å². The highest BCUT2D eigenvalue weighted by Gasteiger charge is 2.32. The number of benzene rings is 2. The largest absolute Gasteiger partial charge is 0.309 e. The molecule has 2 N–H and O–H groups in total. The molecule has 0 unspecified atom stereocenters. The number of carbonyl (C=O) groups is 1. The van der Waals surface area contributed by atoms with E-state index in [1.54, 1.807) is 6.07 Å². The van der Waals surface area contributed by atoms with Crippen LogP contribution in [0.4, 0.5) is 11.5 Å². The molecule has 25 heavy (non-hydrogen) atoms. The summed E-state index contributed by atoms with van der Waals surface area (Å²) in [7, 11) is 0. The first kappa shape index (κ1) is 15.1. The van der Waals surface area contributed by atoms with Crippen molar-refractivity contribution < 1.29 is 9.72 Å². The maximum absolute atomic E-state index is 12.1. The number of aromatic nitrogens is 2. The van der Waals surface area contributed by atoms with Gasteiger partial charge < -0.3 is 5.32 Å². The van der Waals surface area contributed by atoms with Crippen molar-refractivity contribution in [1.82, 2.24) is 10.2 Å². The molecule has 1 atom stereocenters. The zero-order valence-electron chi connectivity index (χ0n) is 13.1. The first-order valence-corrected chi connectivity index (χ1v) is 7.81. The molecule has 0 radical (unpaired) electrons. The maximum Gasteiger partial charge on any atom is 0.269 e. The summed E-state index contributed by atoms with van der Waals surface area (Å²) in [5, 5.41) is 21.1. The molecule has 3 aromatic rings. The Morgan fingerprint density at radius 1 is 1.12 bits per heavy atom. The van der Waals surface area contributed by atoms with Gasteiger partial charge in [0.15, 0.2) is 5.82 Å². The third kappa shape index (κ3) is 2.65. The van der Waals surface area contributed by atoms with E-state index in [9.17, 15) is 14.9 Å². The summed E-state index contributed by atoms with van der Waals surface area (Å²) in [4.78, 5) is 22.7. The highest BCUT2D eigenvalue weighted by atomic mass is 16.6. The van der Waals surface area contributed by atoms with Crippen LogP contribution in [-0.4, -0.2) is 21.0 Å². The predicted octanol–water partition coefficient (Wildman–Crippen LogP) is 3.46. The number of anilines is 1. The number of hydrogen-bond acceptors (Lipinski definition) is 4. The molecule has 0 bridgehead atoms. The minimum Gasteiger partial charge on any atom is -0.309 e. The third-order valence-corrected chi connectivity index (χ3v) is 4.35. The number of carbonyl (C=O) groups excluding carboxylic acids is 1. The molecule has 1 aliphatic heterocycles.